The largest absolute Gasteiger partial charge is 0.391 e. The van der Waals surface area contributed by atoms with E-state index in [1.54, 1.807) is 32.3 Å². The van der Waals surface area contributed by atoms with Gasteiger partial charge in [-0.15, -0.1) is 11.3 Å². The van der Waals surface area contributed by atoms with E-state index in [4.69, 9.17) is 0 Å². The maximum Gasteiger partial charge on any atom is 0.251 e. The average molecular weight is 264 g/mol. The third kappa shape index (κ3) is 2.52. The Morgan fingerprint density at radius 3 is 2.89 bits per heavy atom. The zero-order chi connectivity index (χ0) is 13.3. The van der Waals surface area contributed by atoms with E-state index in [9.17, 15) is 9.90 Å². The van der Waals surface area contributed by atoms with E-state index in [0.717, 1.165) is 10.2 Å². The van der Waals surface area contributed by atoms with Crippen molar-refractivity contribution in [2.45, 2.75) is 32.4 Å². The summed E-state index contributed by atoms with van der Waals surface area (Å²) in [7, 11) is 0. The molecule has 0 saturated heterocycles. The molecule has 1 aromatic carbocycles. The fourth-order valence-corrected chi connectivity index (χ4v) is 2.18. The SMILES string of the molecule is CC(O)C(C)(C)NC(=O)c1ccc2ncsc2c1. The number of nitrogens with zero attached hydrogens (tertiary/aromatic N) is 1. The van der Waals surface area contributed by atoms with Crippen molar-refractivity contribution in [3.63, 3.8) is 0 Å². The Balaban J connectivity index is 2.23. The monoisotopic (exact) mass is 264 g/mol. The van der Waals surface area contributed by atoms with Crippen LogP contribution in [0.5, 0.6) is 0 Å². The predicted molar refractivity (Wildman–Crippen MR) is 72.8 cm³/mol. The number of nitrogens with one attached hydrogen (secondary N) is 1. The molecule has 0 radical (unpaired) electrons. The fourth-order valence-electron chi connectivity index (χ4n) is 1.47. The number of aliphatic hydroxyl groups excluding tert-OH is 1. The molecule has 0 saturated carbocycles. The Morgan fingerprint density at radius 1 is 1.50 bits per heavy atom. The number of hydrogen-bond acceptors (Lipinski definition) is 4. The first-order chi connectivity index (χ1) is 8.40. The molecule has 0 aliphatic heterocycles. The van der Waals surface area contributed by atoms with Gasteiger partial charge in [-0.1, -0.05) is 0 Å². The van der Waals surface area contributed by atoms with E-state index in [1.165, 1.54) is 11.3 Å². The molecule has 2 rings (SSSR count). The molecule has 1 aromatic heterocycles. The van der Waals surface area contributed by atoms with E-state index >= 15 is 0 Å². The van der Waals surface area contributed by atoms with Crippen LogP contribution in [0, 0.1) is 0 Å². The molecule has 4 nitrogen and oxygen atoms in total. The van der Waals surface area contributed by atoms with Crippen LogP contribution in [0.1, 0.15) is 31.1 Å². The summed E-state index contributed by atoms with van der Waals surface area (Å²) in [6, 6.07) is 5.39. The lowest BCUT2D eigenvalue weighted by Crippen LogP contribution is -2.50. The molecule has 0 fully saturated rings. The molecule has 2 N–H and O–H groups in total. The number of aliphatic hydroxyl groups is 1. The van der Waals surface area contributed by atoms with Crippen molar-refractivity contribution in [1.29, 1.82) is 0 Å². The number of aromatic nitrogens is 1. The quantitative estimate of drug-likeness (QED) is 0.893. The molecule has 1 amide bonds. The van der Waals surface area contributed by atoms with Crippen LogP contribution >= 0.6 is 11.3 Å². The van der Waals surface area contributed by atoms with Gasteiger partial charge < -0.3 is 10.4 Å². The van der Waals surface area contributed by atoms with Gasteiger partial charge >= 0.3 is 0 Å². The van der Waals surface area contributed by atoms with Gasteiger partial charge in [-0.25, -0.2) is 4.98 Å². The Labute approximate surface area is 110 Å². The van der Waals surface area contributed by atoms with E-state index in [1.807, 2.05) is 12.1 Å². The fraction of sp³-hybridized carbons (Fsp3) is 0.385. The summed E-state index contributed by atoms with van der Waals surface area (Å²) in [5, 5.41) is 12.4. The van der Waals surface area contributed by atoms with Gasteiger partial charge in [0.25, 0.3) is 5.91 Å². The summed E-state index contributed by atoms with van der Waals surface area (Å²) in [5.41, 5.74) is 2.58. The molecular formula is C13H16N2O2S. The minimum absolute atomic E-state index is 0.184. The number of benzene rings is 1. The molecule has 1 atom stereocenters. The van der Waals surface area contributed by atoms with Gasteiger partial charge in [0, 0.05) is 5.56 Å². The highest BCUT2D eigenvalue weighted by atomic mass is 32.1. The highest BCUT2D eigenvalue weighted by Crippen LogP contribution is 2.19. The molecular weight excluding hydrogens is 248 g/mol. The maximum atomic E-state index is 12.1. The van der Waals surface area contributed by atoms with Gasteiger partial charge in [-0.05, 0) is 39.0 Å². The highest BCUT2D eigenvalue weighted by molar-refractivity contribution is 7.16. The molecule has 1 heterocycles. The van der Waals surface area contributed by atoms with Crippen LogP contribution < -0.4 is 5.32 Å². The van der Waals surface area contributed by atoms with Crippen molar-refractivity contribution in [3.8, 4) is 0 Å². The number of thiazole rings is 1. The van der Waals surface area contributed by atoms with Gasteiger partial charge in [0.1, 0.15) is 0 Å². The summed E-state index contributed by atoms with van der Waals surface area (Å²) in [6.07, 6.45) is -0.617. The third-order valence-electron chi connectivity index (χ3n) is 3.07. The first-order valence-corrected chi connectivity index (χ1v) is 6.62. The summed E-state index contributed by atoms with van der Waals surface area (Å²) >= 11 is 1.50. The lowest BCUT2D eigenvalue weighted by atomic mass is 9.98. The van der Waals surface area contributed by atoms with Gasteiger partial charge in [0.05, 0.1) is 27.4 Å². The van der Waals surface area contributed by atoms with E-state index in [0.29, 0.717) is 5.56 Å². The smallest absolute Gasteiger partial charge is 0.251 e. The Morgan fingerprint density at radius 2 is 2.22 bits per heavy atom. The molecule has 0 aliphatic rings. The number of carbonyl (C=O) groups excluding carboxylic acids is 1. The molecule has 0 bridgehead atoms. The van der Waals surface area contributed by atoms with Crippen molar-refractivity contribution >= 4 is 27.5 Å². The molecule has 1 unspecified atom stereocenters. The average Bonchev–Trinajstić information content (AvgIpc) is 2.74. The summed E-state index contributed by atoms with van der Waals surface area (Å²) in [5.74, 6) is -0.184. The van der Waals surface area contributed by atoms with Crippen LogP contribution in [0.2, 0.25) is 0 Å². The molecule has 5 heteroatoms. The second-order valence-electron chi connectivity index (χ2n) is 4.89. The first-order valence-electron chi connectivity index (χ1n) is 5.74. The topological polar surface area (TPSA) is 62.2 Å². The predicted octanol–water partition coefficient (Wildman–Crippen LogP) is 2.19. The third-order valence-corrected chi connectivity index (χ3v) is 3.87. The van der Waals surface area contributed by atoms with Crippen LogP contribution in [0.25, 0.3) is 10.2 Å². The molecule has 2 aromatic rings. The summed E-state index contributed by atoms with van der Waals surface area (Å²) in [6.45, 7) is 5.24. The number of carbonyl (C=O) groups is 1. The Kier molecular flexibility index (Phi) is 3.36. The minimum atomic E-state index is -0.653. The molecule has 96 valence electrons. The van der Waals surface area contributed by atoms with Crippen LogP contribution in [-0.4, -0.2) is 27.6 Å². The van der Waals surface area contributed by atoms with Crippen LogP contribution in [-0.2, 0) is 0 Å². The van der Waals surface area contributed by atoms with Crippen LogP contribution in [0.4, 0.5) is 0 Å². The van der Waals surface area contributed by atoms with E-state index < -0.39 is 11.6 Å². The highest BCUT2D eigenvalue weighted by Gasteiger charge is 2.26. The Hall–Kier alpha value is -1.46. The number of rotatable bonds is 3. The van der Waals surface area contributed by atoms with Crippen LogP contribution in [0.15, 0.2) is 23.7 Å². The second-order valence-corrected chi connectivity index (χ2v) is 5.77. The lowest BCUT2D eigenvalue weighted by Gasteiger charge is -2.29. The molecule has 0 spiro atoms. The molecule has 0 aliphatic carbocycles. The minimum Gasteiger partial charge on any atom is -0.391 e. The second kappa shape index (κ2) is 4.66. The zero-order valence-electron chi connectivity index (χ0n) is 10.6. The number of hydrogen-bond donors (Lipinski definition) is 2. The lowest BCUT2D eigenvalue weighted by molar-refractivity contribution is 0.0709. The first kappa shape index (κ1) is 13.0. The standard InChI is InChI=1S/C13H16N2O2S/c1-8(16)13(2,3)15-12(17)9-4-5-10-11(6-9)18-7-14-10/h4-8,16H,1-3H3,(H,15,17). The summed E-state index contributed by atoms with van der Waals surface area (Å²) < 4.78 is 0.984. The summed E-state index contributed by atoms with van der Waals surface area (Å²) in [4.78, 5) is 16.3. The van der Waals surface area contributed by atoms with Crippen molar-refractivity contribution in [1.82, 2.24) is 10.3 Å². The van der Waals surface area contributed by atoms with Crippen LogP contribution in [0.3, 0.4) is 0 Å². The Bertz CT molecular complexity index is 575. The zero-order valence-corrected chi connectivity index (χ0v) is 11.4. The van der Waals surface area contributed by atoms with Crippen molar-refractivity contribution < 1.29 is 9.90 Å². The van der Waals surface area contributed by atoms with Crippen molar-refractivity contribution in [2.24, 2.45) is 0 Å². The van der Waals surface area contributed by atoms with Gasteiger partial charge in [0.2, 0.25) is 0 Å². The van der Waals surface area contributed by atoms with E-state index in [-0.39, 0.29) is 5.91 Å². The van der Waals surface area contributed by atoms with Gasteiger partial charge in [0.15, 0.2) is 0 Å². The normalized spacial score (nSPS) is 13.6. The van der Waals surface area contributed by atoms with Gasteiger partial charge in [-0.2, -0.15) is 0 Å². The van der Waals surface area contributed by atoms with Crippen molar-refractivity contribution in [3.05, 3.63) is 29.3 Å². The molecule has 18 heavy (non-hydrogen) atoms. The number of amides is 1. The van der Waals surface area contributed by atoms with Gasteiger partial charge in [-0.3, -0.25) is 4.79 Å². The van der Waals surface area contributed by atoms with Crippen molar-refractivity contribution in [2.75, 3.05) is 0 Å². The number of fused-ring (bicyclic) bond motifs is 1. The maximum absolute atomic E-state index is 12.1. The van der Waals surface area contributed by atoms with E-state index in [2.05, 4.69) is 10.3 Å².